The monoisotopic (exact) mass is 146 g/mol. The van der Waals surface area contributed by atoms with Crippen LogP contribution in [0.5, 0.6) is 0 Å². The predicted octanol–water partition coefficient (Wildman–Crippen LogP) is 2.95. The summed E-state index contributed by atoms with van der Waals surface area (Å²) in [4.78, 5) is 0. The molecule has 0 saturated heterocycles. The quantitative estimate of drug-likeness (QED) is 0.602. The van der Waals surface area contributed by atoms with Crippen LogP contribution in [0.3, 0.4) is 0 Å². The summed E-state index contributed by atoms with van der Waals surface area (Å²) in [7, 11) is 0. The lowest BCUT2D eigenvalue weighted by Crippen LogP contribution is -1.67. The number of aryl methyl sites for hydroxylation is 1. The summed E-state index contributed by atoms with van der Waals surface area (Å²) in [6.45, 7) is 2.15. The van der Waals surface area contributed by atoms with E-state index >= 15 is 0 Å². The average Bonchev–Trinajstić information content (AvgIpc) is 2.46. The first kappa shape index (κ1) is 6.47. The SMILES string of the molecule is CCc1cc2cccoc-2c1. The molecule has 0 aromatic carbocycles. The van der Waals surface area contributed by atoms with Crippen LogP contribution in [0.25, 0.3) is 11.3 Å². The zero-order valence-electron chi connectivity index (χ0n) is 6.50. The summed E-state index contributed by atoms with van der Waals surface area (Å²) in [5.74, 6) is 0.990. The van der Waals surface area contributed by atoms with Gasteiger partial charge in [0.25, 0.3) is 0 Å². The van der Waals surface area contributed by atoms with Crippen molar-refractivity contribution in [3.63, 3.8) is 0 Å². The van der Waals surface area contributed by atoms with Crippen LogP contribution in [0.2, 0.25) is 0 Å². The van der Waals surface area contributed by atoms with E-state index in [-0.39, 0.29) is 0 Å². The van der Waals surface area contributed by atoms with E-state index in [1.807, 2.05) is 6.07 Å². The van der Waals surface area contributed by atoms with Crippen molar-refractivity contribution in [2.75, 3.05) is 0 Å². The maximum absolute atomic E-state index is 5.29. The van der Waals surface area contributed by atoms with E-state index in [1.165, 1.54) is 11.1 Å². The van der Waals surface area contributed by atoms with Gasteiger partial charge in [-0.1, -0.05) is 6.92 Å². The summed E-state index contributed by atoms with van der Waals surface area (Å²) in [6.07, 6.45) is 2.78. The molecule has 0 aromatic rings. The smallest absolute Gasteiger partial charge is 0.134 e. The highest BCUT2D eigenvalue weighted by Crippen LogP contribution is 2.25. The average molecular weight is 146 g/mol. The minimum Gasteiger partial charge on any atom is -0.464 e. The maximum Gasteiger partial charge on any atom is 0.134 e. The van der Waals surface area contributed by atoms with Crippen molar-refractivity contribution in [1.82, 2.24) is 0 Å². The number of hydrogen-bond acceptors (Lipinski definition) is 1. The molecular weight excluding hydrogens is 136 g/mol. The largest absolute Gasteiger partial charge is 0.464 e. The van der Waals surface area contributed by atoms with Gasteiger partial charge in [0.1, 0.15) is 5.76 Å². The molecule has 11 heavy (non-hydrogen) atoms. The molecule has 0 N–H and O–H groups in total. The third-order valence-corrected chi connectivity index (χ3v) is 1.90. The van der Waals surface area contributed by atoms with Gasteiger partial charge in [-0.3, -0.25) is 0 Å². The minimum atomic E-state index is 0.990. The fourth-order valence-corrected chi connectivity index (χ4v) is 1.26. The van der Waals surface area contributed by atoms with Gasteiger partial charge in [-0.05, 0) is 36.2 Å². The summed E-state index contributed by atoms with van der Waals surface area (Å²) in [5.41, 5.74) is 2.54. The van der Waals surface area contributed by atoms with E-state index in [9.17, 15) is 0 Å². The second-order valence-electron chi connectivity index (χ2n) is 2.65. The molecule has 0 atom stereocenters. The summed E-state index contributed by atoms with van der Waals surface area (Å²) < 4.78 is 5.29. The molecule has 1 nitrogen and oxygen atoms in total. The van der Waals surface area contributed by atoms with Crippen molar-refractivity contribution in [2.24, 2.45) is 0 Å². The zero-order valence-corrected chi connectivity index (χ0v) is 6.50. The van der Waals surface area contributed by atoms with Gasteiger partial charge in [-0.2, -0.15) is 0 Å². The number of rotatable bonds is 1. The Morgan fingerprint density at radius 1 is 1.36 bits per heavy atom. The molecule has 1 heteroatoms. The summed E-state index contributed by atoms with van der Waals surface area (Å²) in [6, 6.07) is 8.24. The van der Waals surface area contributed by atoms with Crippen LogP contribution in [0.1, 0.15) is 12.5 Å². The van der Waals surface area contributed by atoms with Crippen molar-refractivity contribution >= 4 is 0 Å². The van der Waals surface area contributed by atoms with Gasteiger partial charge in [-0.15, -0.1) is 0 Å². The first-order valence-corrected chi connectivity index (χ1v) is 3.86. The summed E-state index contributed by atoms with van der Waals surface area (Å²) >= 11 is 0. The molecule has 1 heterocycles. The lowest BCUT2D eigenvalue weighted by molar-refractivity contribution is 0.567. The van der Waals surface area contributed by atoms with Gasteiger partial charge in [0.05, 0.1) is 6.26 Å². The van der Waals surface area contributed by atoms with Crippen LogP contribution < -0.4 is 0 Å². The molecule has 0 unspecified atom stereocenters. The first-order chi connectivity index (χ1) is 5.40. The molecule has 0 bridgehead atoms. The minimum absolute atomic E-state index is 0.990. The highest BCUT2D eigenvalue weighted by molar-refractivity contribution is 5.62. The van der Waals surface area contributed by atoms with Gasteiger partial charge in [0.2, 0.25) is 0 Å². The molecule has 1 aliphatic heterocycles. The van der Waals surface area contributed by atoms with Crippen LogP contribution in [0.15, 0.2) is 34.9 Å². The van der Waals surface area contributed by atoms with Gasteiger partial charge >= 0.3 is 0 Å². The third-order valence-electron chi connectivity index (χ3n) is 1.90. The Morgan fingerprint density at radius 2 is 2.27 bits per heavy atom. The lowest BCUT2D eigenvalue weighted by atomic mass is 10.2. The van der Waals surface area contributed by atoms with E-state index < -0.39 is 0 Å². The van der Waals surface area contributed by atoms with Crippen LogP contribution in [0, 0.1) is 0 Å². The first-order valence-electron chi connectivity index (χ1n) is 3.86. The molecule has 56 valence electrons. The second-order valence-corrected chi connectivity index (χ2v) is 2.65. The highest BCUT2D eigenvalue weighted by Gasteiger charge is 2.05. The van der Waals surface area contributed by atoms with E-state index in [0.717, 1.165) is 12.2 Å². The van der Waals surface area contributed by atoms with E-state index in [1.54, 1.807) is 6.26 Å². The Morgan fingerprint density at radius 3 is 3.00 bits per heavy atom. The standard InChI is InChI=1S/C10H10O/c1-2-8-6-9-4-3-5-11-10(9)7-8/h3-7H,2H2,1H3. The highest BCUT2D eigenvalue weighted by atomic mass is 16.3. The molecule has 0 saturated carbocycles. The second kappa shape index (κ2) is 2.42. The zero-order chi connectivity index (χ0) is 7.68. The Labute approximate surface area is 66.0 Å². The lowest BCUT2D eigenvalue weighted by Gasteiger charge is -1.92. The maximum atomic E-state index is 5.29. The number of fused-ring (bicyclic) bond motifs is 1. The molecule has 0 spiro atoms. The normalized spacial score (nSPS) is 10.6. The van der Waals surface area contributed by atoms with Crippen molar-refractivity contribution < 1.29 is 4.42 Å². The predicted molar refractivity (Wildman–Crippen MR) is 44.7 cm³/mol. The van der Waals surface area contributed by atoms with Crippen molar-refractivity contribution in [1.29, 1.82) is 0 Å². The molecule has 0 aromatic heterocycles. The number of hydrogen-bond donors (Lipinski definition) is 0. The van der Waals surface area contributed by atoms with Gasteiger partial charge < -0.3 is 4.42 Å². The molecule has 1 aliphatic carbocycles. The Kier molecular flexibility index (Phi) is 1.42. The molecule has 2 rings (SSSR count). The Hall–Kier alpha value is -1.24. The molecule has 0 fully saturated rings. The van der Waals surface area contributed by atoms with Crippen LogP contribution in [-0.2, 0) is 6.42 Å². The summed E-state index contributed by atoms with van der Waals surface area (Å²) in [5, 5.41) is 0. The molecule has 0 radical (unpaired) electrons. The van der Waals surface area contributed by atoms with Crippen molar-refractivity contribution in [3.05, 3.63) is 36.1 Å². The van der Waals surface area contributed by atoms with Crippen molar-refractivity contribution in [2.45, 2.75) is 13.3 Å². The van der Waals surface area contributed by atoms with Crippen LogP contribution in [0.4, 0.5) is 0 Å². The topological polar surface area (TPSA) is 13.1 Å². The van der Waals surface area contributed by atoms with Gasteiger partial charge in [-0.25, -0.2) is 0 Å². The van der Waals surface area contributed by atoms with E-state index in [4.69, 9.17) is 4.42 Å². The molecular formula is C10H10O. The third kappa shape index (κ3) is 1.03. The molecule has 0 amide bonds. The van der Waals surface area contributed by atoms with E-state index in [2.05, 4.69) is 25.1 Å². The van der Waals surface area contributed by atoms with Crippen LogP contribution in [-0.4, -0.2) is 0 Å². The van der Waals surface area contributed by atoms with Crippen LogP contribution >= 0.6 is 0 Å². The fraction of sp³-hybridized carbons (Fsp3) is 0.200. The Balaban J connectivity index is 2.60. The fourth-order valence-electron chi connectivity index (χ4n) is 1.26. The van der Waals surface area contributed by atoms with Crippen molar-refractivity contribution in [3.8, 4) is 11.3 Å². The Bertz CT molecular complexity index is 292. The van der Waals surface area contributed by atoms with Gasteiger partial charge in [0.15, 0.2) is 0 Å². The van der Waals surface area contributed by atoms with Gasteiger partial charge in [0, 0.05) is 5.56 Å². The van der Waals surface area contributed by atoms with E-state index in [0.29, 0.717) is 0 Å². The molecule has 2 aliphatic rings.